The van der Waals surface area contributed by atoms with Crippen LogP contribution in [0.5, 0.6) is 11.5 Å². The first-order chi connectivity index (χ1) is 13.2. The van der Waals surface area contributed by atoms with Crippen LogP contribution in [0.1, 0.15) is 4.88 Å². The third-order valence-electron chi connectivity index (χ3n) is 3.58. The lowest BCUT2D eigenvalue weighted by atomic mass is 10.3. The third kappa shape index (κ3) is 5.96. The van der Waals surface area contributed by atoms with E-state index in [1.165, 1.54) is 0 Å². The number of benzene rings is 1. The first kappa shape index (κ1) is 18.7. The summed E-state index contributed by atoms with van der Waals surface area (Å²) in [7, 11) is 1.63. The van der Waals surface area contributed by atoms with E-state index >= 15 is 0 Å². The standard InChI is InChI=1S/C19H20N4O3S/c1-25-14-4-6-15(7-5-14)26-11-10-20-17-8-9-18(23-22-17)21-19(24)13-16-3-2-12-27-16/h2-9,12H,10-11,13H2,1H3,(H,20,22)(H,21,23,24). The second-order valence-electron chi connectivity index (χ2n) is 5.56. The molecule has 2 aromatic heterocycles. The number of rotatable bonds is 9. The van der Waals surface area contributed by atoms with Crippen LogP contribution < -0.4 is 20.1 Å². The maximum Gasteiger partial charge on any atom is 0.230 e. The van der Waals surface area contributed by atoms with Gasteiger partial charge in [-0.1, -0.05) is 6.07 Å². The van der Waals surface area contributed by atoms with Crippen LogP contribution in [0.2, 0.25) is 0 Å². The summed E-state index contributed by atoms with van der Waals surface area (Å²) in [6, 6.07) is 14.7. The lowest BCUT2D eigenvalue weighted by Crippen LogP contribution is -2.16. The summed E-state index contributed by atoms with van der Waals surface area (Å²) in [5.41, 5.74) is 0. The van der Waals surface area contributed by atoms with Crippen LogP contribution >= 0.6 is 11.3 Å². The van der Waals surface area contributed by atoms with Gasteiger partial charge in [0.1, 0.15) is 23.9 Å². The minimum Gasteiger partial charge on any atom is -0.497 e. The van der Waals surface area contributed by atoms with Crippen molar-refractivity contribution in [2.75, 3.05) is 30.9 Å². The molecule has 2 heterocycles. The highest BCUT2D eigenvalue weighted by Crippen LogP contribution is 2.17. The molecule has 0 aliphatic carbocycles. The van der Waals surface area contributed by atoms with Gasteiger partial charge in [0.25, 0.3) is 0 Å². The number of thiophene rings is 1. The number of hydrogen-bond acceptors (Lipinski definition) is 7. The van der Waals surface area contributed by atoms with Crippen LogP contribution in [0.25, 0.3) is 0 Å². The van der Waals surface area contributed by atoms with Crippen LogP contribution in [0, 0.1) is 0 Å². The summed E-state index contributed by atoms with van der Waals surface area (Å²) in [6.45, 7) is 1.05. The molecule has 0 radical (unpaired) electrons. The summed E-state index contributed by atoms with van der Waals surface area (Å²) in [4.78, 5) is 12.9. The number of carbonyl (C=O) groups excluding carboxylic acids is 1. The first-order valence-electron chi connectivity index (χ1n) is 8.39. The lowest BCUT2D eigenvalue weighted by molar-refractivity contribution is -0.115. The normalized spacial score (nSPS) is 10.3. The molecule has 27 heavy (non-hydrogen) atoms. The molecule has 3 rings (SSSR count). The molecule has 3 aromatic rings. The molecule has 2 N–H and O–H groups in total. The molecule has 140 valence electrons. The minimum atomic E-state index is -0.111. The molecule has 0 bridgehead atoms. The van der Waals surface area contributed by atoms with Crippen molar-refractivity contribution >= 4 is 28.9 Å². The van der Waals surface area contributed by atoms with Crippen LogP contribution in [-0.4, -0.2) is 36.4 Å². The molecule has 0 unspecified atom stereocenters. The number of aromatic nitrogens is 2. The minimum absolute atomic E-state index is 0.111. The number of hydrogen-bond donors (Lipinski definition) is 2. The maximum absolute atomic E-state index is 11.9. The average Bonchev–Trinajstić information content (AvgIpc) is 3.20. The molecule has 1 amide bonds. The highest BCUT2D eigenvalue weighted by atomic mass is 32.1. The van der Waals surface area contributed by atoms with Gasteiger partial charge in [-0.25, -0.2) is 0 Å². The van der Waals surface area contributed by atoms with Crippen molar-refractivity contribution in [3.8, 4) is 11.5 Å². The van der Waals surface area contributed by atoms with Crippen molar-refractivity contribution in [3.63, 3.8) is 0 Å². The Kier molecular flexibility index (Phi) is 6.59. The third-order valence-corrected chi connectivity index (χ3v) is 4.46. The van der Waals surface area contributed by atoms with Gasteiger partial charge in [-0.2, -0.15) is 0 Å². The first-order valence-corrected chi connectivity index (χ1v) is 9.27. The van der Waals surface area contributed by atoms with Crippen molar-refractivity contribution in [2.45, 2.75) is 6.42 Å². The molecule has 0 saturated heterocycles. The molecule has 1 aromatic carbocycles. The molecule has 0 fully saturated rings. The largest absolute Gasteiger partial charge is 0.497 e. The Hall–Kier alpha value is -3.13. The molecular formula is C19H20N4O3S. The van der Waals surface area contributed by atoms with Crippen LogP contribution in [0.15, 0.2) is 53.9 Å². The number of anilines is 2. The number of carbonyl (C=O) groups is 1. The average molecular weight is 384 g/mol. The molecule has 0 atom stereocenters. The highest BCUT2D eigenvalue weighted by molar-refractivity contribution is 7.10. The lowest BCUT2D eigenvalue weighted by Gasteiger charge is -2.09. The number of nitrogens with zero attached hydrogens (tertiary/aromatic N) is 2. The predicted octanol–water partition coefficient (Wildman–Crippen LogP) is 3.22. The number of nitrogens with one attached hydrogen (secondary N) is 2. The topological polar surface area (TPSA) is 85.4 Å². The predicted molar refractivity (Wildman–Crippen MR) is 106 cm³/mol. The summed E-state index contributed by atoms with van der Waals surface area (Å²) >= 11 is 1.55. The van der Waals surface area contributed by atoms with Gasteiger partial charge in [0.2, 0.25) is 5.91 Å². The smallest absolute Gasteiger partial charge is 0.230 e. The van der Waals surface area contributed by atoms with Crippen molar-refractivity contribution in [1.82, 2.24) is 10.2 Å². The fraction of sp³-hybridized carbons (Fsp3) is 0.211. The van der Waals surface area contributed by atoms with E-state index in [0.29, 0.717) is 31.2 Å². The van der Waals surface area contributed by atoms with Gasteiger partial charge in [0.05, 0.1) is 20.1 Å². The Labute approximate surface area is 161 Å². The summed E-state index contributed by atoms with van der Waals surface area (Å²) < 4.78 is 10.7. The van der Waals surface area contributed by atoms with Gasteiger partial charge < -0.3 is 20.1 Å². The van der Waals surface area contributed by atoms with Gasteiger partial charge in [-0.3, -0.25) is 4.79 Å². The zero-order valence-corrected chi connectivity index (χ0v) is 15.7. The van der Waals surface area contributed by atoms with Gasteiger partial charge in [0.15, 0.2) is 5.82 Å². The molecule has 8 heteroatoms. The van der Waals surface area contributed by atoms with Crippen LogP contribution in [0.4, 0.5) is 11.6 Å². The highest BCUT2D eigenvalue weighted by Gasteiger charge is 2.06. The number of amides is 1. The van der Waals surface area contributed by atoms with Gasteiger partial charge in [-0.05, 0) is 47.8 Å². The van der Waals surface area contributed by atoms with E-state index in [1.807, 2.05) is 41.8 Å². The molecule has 0 spiro atoms. The zero-order chi connectivity index (χ0) is 18.9. The fourth-order valence-electron chi connectivity index (χ4n) is 2.27. The Morgan fingerprint density at radius 2 is 1.78 bits per heavy atom. The molecular weight excluding hydrogens is 364 g/mol. The fourth-order valence-corrected chi connectivity index (χ4v) is 2.98. The van der Waals surface area contributed by atoms with E-state index in [2.05, 4.69) is 20.8 Å². The van der Waals surface area contributed by atoms with E-state index in [9.17, 15) is 4.79 Å². The number of methoxy groups -OCH3 is 1. The second-order valence-corrected chi connectivity index (χ2v) is 6.59. The monoisotopic (exact) mass is 384 g/mol. The Morgan fingerprint density at radius 1 is 1.04 bits per heavy atom. The Balaban J connectivity index is 1.38. The van der Waals surface area contributed by atoms with Crippen molar-refractivity contribution in [1.29, 1.82) is 0 Å². The number of ether oxygens (including phenoxy) is 2. The molecule has 0 aliphatic heterocycles. The molecule has 0 saturated carbocycles. The summed E-state index contributed by atoms with van der Waals surface area (Å²) in [6.07, 6.45) is 0.335. The summed E-state index contributed by atoms with van der Waals surface area (Å²) in [5, 5.41) is 15.9. The van der Waals surface area contributed by atoms with Gasteiger partial charge in [-0.15, -0.1) is 21.5 Å². The van der Waals surface area contributed by atoms with E-state index < -0.39 is 0 Å². The zero-order valence-electron chi connectivity index (χ0n) is 14.8. The van der Waals surface area contributed by atoms with Crippen LogP contribution in [0.3, 0.4) is 0 Å². The maximum atomic E-state index is 11.9. The van der Waals surface area contributed by atoms with E-state index in [1.54, 1.807) is 30.6 Å². The van der Waals surface area contributed by atoms with Crippen molar-refractivity contribution in [2.24, 2.45) is 0 Å². The second kappa shape index (κ2) is 9.54. The van der Waals surface area contributed by atoms with E-state index in [4.69, 9.17) is 9.47 Å². The molecule has 0 aliphatic rings. The van der Waals surface area contributed by atoms with E-state index in [0.717, 1.165) is 16.4 Å². The van der Waals surface area contributed by atoms with Crippen LogP contribution in [-0.2, 0) is 11.2 Å². The SMILES string of the molecule is COc1ccc(OCCNc2ccc(NC(=O)Cc3cccs3)nn2)cc1. The summed E-state index contributed by atoms with van der Waals surface area (Å²) in [5.74, 6) is 2.49. The van der Waals surface area contributed by atoms with Crippen molar-refractivity contribution < 1.29 is 14.3 Å². The van der Waals surface area contributed by atoms with Crippen molar-refractivity contribution in [3.05, 3.63) is 58.8 Å². The Morgan fingerprint density at radius 3 is 2.44 bits per heavy atom. The van der Waals surface area contributed by atoms with Gasteiger partial charge in [0, 0.05) is 4.88 Å². The van der Waals surface area contributed by atoms with E-state index in [-0.39, 0.29) is 5.91 Å². The Bertz CT molecular complexity index is 836. The quantitative estimate of drug-likeness (QED) is 0.551. The molecule has 7 nitrogen and oxygen atoms in total. The van der Waals surface area contributed by atoms with Gasteiger partial charge >= 0.3 is 0 Å².